The van der Waals surface area contributed by atoms with Crippen molar-refractivity contribution in [3.63, 3.8) is 0 Å². The standard InChI is InChI=1S/C27H24O4/c1-27(2)18-24(27)26(29)31-23-15-13-22(14-16-23)30-25(28)17-10-19-8-11-21(12-9-19)20-6-4-3-5-7-20/h3-17,24H,18H2,1-2H3/b17-10+. The van der Waals surface area contributed by atoms with Crippen LogP contribution in [0.4, 0.5) is 0 Å². The van der Waals surface area contributed by atoms with E-state index in [1.54, 1.807) is 30.3 Å². The molecule has 156 valence electrons. The Morgan fingerprint density at radius 1 is 0.806 bits per heavy atom. The van der Waals surface area contributed by atoms with Crippen LogP contribution in [0.5, 0.6) is 11.5 Å². The fourth-order valence-corrected chi connectivity index (χ4v) is 3.36. The van der Waals surface area contributed by atoms with E-state index in [-0.39, 0.29) is 17.3 Å². The number of hydrogen-bond acceptors (Lipinski definition) is 4. The molecule has 3 aromatic carbocycles. The van der Waals surface area contributed by atoms with Crippen LogP contribution in [0.3, 0.4) is 0 Å². The Bertz CT molecular complexity index is 1090. The molecule has 1 unspecified atom stereocenters. The van der Waals surface area contributed by atoms with Gasteiger partial charge in [0.05, 0.1) is 5.92 Å². The molecule has 0 saturated heterocycles. The molecule has 4 heteroatoms. The molecule has 0 heterocycles. The molecule has 0 spiro atoms. The van der Waals surface area contributed by atoms with Crippen molar-refractivity contribution in [2.24, 2.45) is 11.3 Å². The van der Waals surface area contributed by atoms with Crippen molar-refractivity contribution < 1.29 is 19.1 Å². The van der Waals surface area contributed by atoms with E-state index in [4.69, 9.17) is 9.47 Å². The van der Waals surface area contributed by atoms with Crippen molar-refractivity contribution in [3.8, 4) is 22.6 Å². The zero-order valence-electron chi connectivity index (χ0n) is 17.6. The summed E-state index contributed by atoms with van der Waals surface area (Å²) in [6, 6.07) is 24.5. The lowest BCUT2D eigenvalue weighted by Crippen LogP contribution is -2.13. The second-order valence-corrected chi connectivity index (χ2v) is 8.38. The van der Waals surface area contributed by atoms with Crippen LogP contribution in [0.1, 0.15) is 25.8 Å². The van der Waals surface area contributed by atoms with Gasteiger partial charge >= 0.3 is 11.9 Å². The van der Waals surface area contributed by atoms with Gasteiger partial charge in [-0.2, -0.15) is 0 Å². The van der Waals surface area contributed by atoms with Crippen molar-refractivity contribution in [2.45, 2.75) is 20.3 Å². The highest BCUT2D eigenvalue weighted by atomic mass is 16.5. The van der Waals surface area contributed by atoms with E-state index in [1.807, 2.05) is 56.3 Å². The summed E-state index contributed by atoms with van der Waals surface area (Å²) in [5, 5.41) is 0. The summed E-state index contributed by atoms with van der Waals surface area (Å²) < 4.78 is 10.7. The number of ether oxygens (including phenoxy) is 2. The highest BCUT2D eigenvalue weighted by molar-refractivity contribution is 5.88. The van der Waals surface area contributed by atoms with Crippen LogP contribution in [-0.4, -0.2) is 11.9 Å². The van der Waals surface area contributed by atoms with Gasteiger partial charge in [0.15, 0.2) is 0 Å². The number of hydrogen-bond donors (Lipinski definition) is 0. The van der Waals surface area contributed by atoms with Gasteiger partial charge in [0, 0.05) is 6.08 Å². The van der Waals surface area contributed by atoms with Crippen LogP contribution in [-0.2, 0) is 9.59 Å². The first kappa shape index (κ1) is 20.6. The Balaban J connectivity index is 1.30. The first-order valence-electron chi connectivity index (χ1n) is 10.3. The highest BCUT2D eigenvalue weighted by Crippen LogP contribution is 2.52. The monoisotopic (exact) mass is 412 g/mol. The topological polar surface area (TPSA) is 52.6 Å². The summed E-state index contributed by atoms with van der Waals surface area (Å²) in [5.41, 5.74) is 3.20. The van der Waals surface area contributed by atoms with Crippen LogP contribution >= 0.6 is 0 Å². The van der Waals surface area contributed by atoms with E-state index < -0.39 is 5.97 Å². The molecule has 1 atom stereocenters. The first-order chi connectivity index (χ1) is 14.9. The van der Waals surface area contributed by atoms with Crippen molar-refractivity contribution in [1.29, 1.82) is 0 Å². The second kappa shape index (κ2) is 8.60. The molecule has 4 rings (SSSR count). The van der Waals surface area contributed by atoms with Gasteiger partial charge < -0.3 is 9.47 Å². The maximum atomic E-state index is 12.1. The molecule has 1 aliphatic rings. The maximum Gasteiger partial charge on any atom is 0.336 e. The average molecular weight is 412 g/mol. The van der Waals surface area contributed by atoms with Gasteiger partial charge in [-0.15, -0.1) is 0 Å². The molecule has 0 aromatic heterocycles. The summed E-state index contributed by atoms with van der Waals surface area (Å²) in [5.74, 6) is 0.103. The normalized spacial score (nSPS) is 16.6. The SMILES string of the molecule is CC1(C)CC1C(=O)Oc1ccc(OC(=O)/C=C/c2ccc(-c3ccccc3)cc2)cc1. The molecule has 0 radical (unpaired) electrons. The van der Waals surface area contributed by atoms with E-state index in [2.05, 4.69) is 12.1 Å². The Hall–Kier alpha value is -3.66. The second-order valence-electron chi connectivity index (χ2n) is 8.38. The molecule has 0 N–H and O–H groups in total. The third kappa shape index (κ3) is 5.28. The molecule has 1 aliphatic carbocycles. The fourth-order valence-electron chi connectivity index (χ4n) is 3.36. The molecule has 0 aliphatic heterocycles. The maximum absolute atomic E-state index is 12.1. The minimum Gasteiger partial charge on any atom is -0.426 e. The van der Waals surface area contributed by atoms with E-state index in [0.29, 0.717) is 11.5 Å². The van der Waals surface area contributed by atoms with Gasteiger partial charge in [0.25, 0.3) is 0 Å². The molecule has 1 saturated carbocycles. The van der Waals surface area contributed by atoms with Crippen LogP contribution < -0.4 is 9.47 Å². The largest absolute Gasteiger partial charge is 0.426 e. The van der Waals surface area contributed by atoms with Crippen molar-refractivity contribution in [3.05, 3.63) is 90.5 Å². The number of benzene rings is 3. The van der Waals surface area contributed by atoms with Crippen LogP contribution in [0, 0.1) is 11.3 Å². The molecule has 4 nitrogen and oxygen atoms in total. The summed E-state index contributed by atoms with van der Waals surface area (Å²) >= 11 is 0. The third-order valence-corrected chi connectivity index (χ3v) is 5.49. The smallest absolute Gasteiger partial charge is 0.336 e. The van der Waals surface area contributed by atoms with Crippen LogP contribution in [0.25, 0.3) is 17.2 Å². The third-order valence-electron chi connectivity index (χ3n) is 5.49. The van der Waals surface area contributed by atoms with Gasteiger partial charge in [-0.05, 0) is 58.9 Å². The fraction of sp³-hybridized carbons (Fsp3) is 0.185. The minimum absolute atomic E-state index is 0.0285. The summed E-state index contributed by atoms with van der Waals surface area (Å²) in [6.45, 7) is 4.10. The van der Waals surface area contributed by atoms with Crippen molar-refractivity contribution in [1.82, 2.24) is 0 Å². The van der Waals surface area contributed by atoms with Gasteiger partial charge in [-0.3, -0.25) is 4.79 Å². The molecule has 1 fully saturated rings. The quantitative estimate of drug-likeness (QED) is 0.286. The highest BCUT2D eigenvalue weighted by Gasteiger charge is 2.51. The molecular weight excluding hydrogens is 388 g/mol. The van der Waals surface area contributed by atoms with Crippen molar-refractivity contribution in [2.75, 3.05) is 0 Å². The van der Waals surface area contributed by atoms with Gasteiger partial charge in [0.1, 0.15) is 11.5 Å². The molecular formula is C27H24O4. The molecule has 31 heavy (non-hydrogen) atoms. The van der Waals surface area contributed by atoms with E-state index in [1.165, 1.54) is 6.08 Å². The van der Waals surface area contributed by atoms with E-state index in [0.717, 1.165) is 23.1 Å². The van der Waals surface area contributed by atoms with E-state index >= 15 is 0 Å². The van der Waals surface area contributed by atoms with Gasteiger partial charge in [-0.25, -0.2) is 4.79 Å². The Labute approximate surface area is 182 Å². The van der Waals surface area contributed by atoms with Gasteiger partial charge in [0.2, 0.25) is 0 Å². The van der Waals surface area contributed by atoms with Gasteiger partial charge in [-0.1, -0.05) is 68.4 Å². The van der Waals surface area contributed by atoms with Crippen LogP contribution in [0.15, 0.2) is 84.9 Å². The number of esters is 2. The molecule has 3 aromatic rings. The summed E-state index contributed by atoms with van der Waals surface area (Å²) in [4.78, 5) is 24.2. The predicted octanol–water partition coefficient (Wildman–Crippen LogP) is 5.92. The lowest BCUT2D eigenvalue weighted by atomic mass is 10.0. The minimum atomic E-state index is -0.475. The van der Waals surface area contributed by atoms with E-state index in [9.17, 15) is 9.59 Å². The number of rotatable bonds is 6. The summed E-state index contributed by atoms with van der Waals surface area (Å²) in [7, 11) is 0. The number of carbonyl (C=O) groups is 2. The van der Waals surface area contributed by atoms with Crippen LogP contribution in [0.2, 0.25) is 0 Å². The van der Waals surface area contributed by atoms with Crippen molar-refractivity contribution >= 4 is 18.0 Å². The molecule has 0 amide bonds. The average Bonchev–Trinajstić information content (AvgIpc) is 3.43. The Morgan fingerprint density at radius 2 is 1.35 bits per heavy atom. The lowest BCUT2D eigenvalue weighted by Gasteiger charge is -2.07. The lowest BCUT2D eigenvalue weighted by molar-refractivity contribution is -0.136. The first-order valence-corrected chi connectivity index (χ1v) is 10.3. The molecule has 0 bridgehead atoms. The zero-order valence-corrected chi connectivity index (χ0v) is 17.6. The zero-order chi connectivity index (χ0) is 21.8. The summed E-state index contributed by atoms with van der Waals surface area (Å²) in [6.07, 6.45) is 3.95. The predicted molar refractivity (Wildman–Crippen MR) is 121 cm³/mol. The Kier molecular flexibility index (Phi) is 5.72. The number of carbonyl (C=O) groups excluding carboxylic acids is 2. The Morgan fingerprint density at radius 3 is 1.94 bits per heavy atom.